The topological polar surface area (TPSA) is 59.3 Å². The molecule has 1 aromatic heterocycles. The van der Waals surface area contributed by atoms with Gasteiger partial charge >= 0.3 is 6.18 Å². The molecule has 0 spiro atoms. The van der Waals surface area contributed by atoms with Crippen LogP contribution < -0.4 is 10.1 Å². The van der Waals surface area contributed by atoms with Crippen LogP contribution in [-0.2, 0) is 7.05 Å². The fraction of sp³-hybridized carbons (Fsp3) is 0.471. The maximum absolute atomic E-state index is 13.5. The first-order valence-electron chi connectivity index (χ1n) is 7.86. The van der Waals surface area contributed by atoms with E-state index in [2.05, 4.69) is 10.4 Å². The number of benzene rings is 1. The molecule has 2 N–H and O–H groups in total. The van der Waals surface area contributed by atoms with Gasteiger partial charge in [0.1, 0.15) is 24.5 Å². The summed E-state index contributed by atoms with van der Waals surface area (Å²) in [5.41, 5.74) is 0.832. The van der Waals surface area contributed by atoms with Crippen LogP contribution in [0.1, 0.15) is 23.0 Å². The molecule has 0 amide bonds. The molecule has 25 heavy (non-hydrogen) atoms. The van der Waals surface area contributed by atoms with E-state index in [1.54, 1.807) is 38.2 Å². The van der Waals surface area contributed by atoms with Crippen LogP contribution in [-0.4, -0.2) is 40.3 Å². The van der Waals surface area contributed by atoms with Gasteiger partial charge in [-0.15, -0.1) is 0 Å². The molecule has 1 heterocycles. The lowest BCUT2D eigenvalue weighted by Gasteiger charge is -2.24. The van der Waals surface area contributed by atoms with E-state index < -0.39 is 18.3 Å². The number of nitrogens with zero attached hydrogens (tertiary/aromatic N) is 2. The summed E-state index contributed by atoms with van der Waals surface area (Å²) in [7, 11) is 1.60. The molecular formula is C17H22F3N3O2. The normalized spacial score (nSPS) is 14.4. The molecule has 2 atom stereocenters. The fourth-order valence-corrected chi connectivity index (χ4v) is 2.61. The number of para-hydroxylation sites is 1. The number of aliphatic hydroxyl groups is 1. The number of ether oxygens (including phenoxy) is 1. The summed E-state index contributed by atoms with van der Waals surface area (Å²) in [4.78, 5) is 0. The van der Waals surface area contributed by atoms with Crippen molar-refractivity contribution >= 4 is 0 Å². The Morgan fingerprint density at radius 3 is 2.40 bits per heavy atom. The van der Waals surface area contributed by atoms with Crippen molar-refractivity contribution in [3.8, 4) is 5.75 Å². The van der Waals surface area contributed by atoms with Gasteiger partial charge in [0.15, 0.2) is 0 Å². The van der Waals surface area contributed by atoms with Crippen molar-refractivity contribution in [2.75, 3.05) is 13.2 Å². The highest BCUT2D eigenvalue weighted by Crippen LogP contribution is 2.35. The Balaban J connectivity index is 2.01. The third-order valence-electron chi connectivity index (χ3n) is 3.92. The van der Waals surface area contributed by atoms with Crippen LogP contribution >= 0.6 is 0 Å². The molecule has 2 unspecified atom stereocenters. The molecule has 0 aliphatic carbocycles. The summed E-state index contributed by atoms with van der Waals surface area (Å²) < 4.78 is 47.2. The van der Waals surface area contributed by atoms with E-state index in [0.29, 0.717) is 17.1 Å². The Labute approximate surface area is 144 Å². The SMILES string of the molecule is Cc1nn(C)c(C)c1C(NCC(O)COc1ccccc1)C(F)(F)F. The van der Waals surface area contributed by atoms with Crippen molar-refractivity contribution in [2.24, 2.45) is 7.05 Å². The molecule has 0 radical (unpaired) electrons. The van der Waals surface area contributed by atoms with Gasteiger partial charge in [-0.3, -0.25) is 10.00 Å². The number of aromatic nitrogens is 2. The monoisotopic (exact) mass is 357 g/mol. The van der Waals surface area contributed by atoms with Gasteiger partial charge in [-0.05, 0) is 26.0 Å². The number of hydrogen-bond donors (Lipinski definition) is 2. The summed E-state index contributed by atoms with van der Waals surface area (Å²) >= 11 is 0. The fourth-order valence-electron chi connectivity index (χ4n) is 2.61. The Morgan fingerprint density at radius 1 is 1.24 bits per heavy atom. The molecular weight excluding hydrogens is 335 g/mol. The van der Waals surface area contributed by atoms with Crippen LogP contribution in [0.5, 0.6) is 5.75 Å². The zero-order chi connectivity index (χ0) is 18.6. The maximum Gasteiger partial charge on any atom is 0.408 e. The lowest BCUT2D eigenvalue weighted by molar-refractivity contribution is -0.159. The molecule has 0 aliphatic heterocycles. The number of nitrogens with one attached hydrogen (secondary N) is 1. The molecule has 8 heteroatoms. The average molecular weight is 357 g/mol. The molecule has 0 fully saturated rings. The van der Waals surface area contributed by atoms with Crippen LogP contribution in [0.3, 0.4) is 0 Å². The molecule has 0 saturated carbocycles. The van der Waals surface area contributed by atoms with Crippen molar-refractivity contribution in [3.05, 3.63) is 47.3 Å². The third-order valence-corrected chi connectivity index (χ3v) is 3.92. The van der Waals surface area contributed by atoms with Crippen molar-refractivity contribution < 1.29 is 23.0 Å². The number of halogens is 3. The zero-order valence-corrected chi connectivity index (χ0v) is 14.3. The summed E-state index contributed by atoms with van der Waals surface area (Å²) in [5.74, 6) is 0.549. The molecule has 2 rings (SSSR count). The summed E-state index contributed by atoms with van der Waals surface area (Å²) in [5, 5.41) is 16.4. The van der Waals surface area contributed by atoms with Crippen molar-refractivity contribution in [1.29, 1.82) is 0 Å². The second kappa shape index (κ2) is 7.88. The van der Waals surface area contributed by atoms with E-state index in [9.17, 15) is 18.3 Å². The first-order valence-corrected chi connectivity index (χ1v) is 7.86. The summed E-state index contributed by atoms with van der Waals surface area (Å²) in [6.45, 7) is 2.76. The van der Waals surface area contributed by atoms with Gasteiger partial charge in [0.05, 0.1) is 5.69 Å². The van der Waals surface area contributed by atoms with E-state index in [-0.39, 0.29) is 18.7 Å². The highest BCUT2D eigenvalue weighted by atomic mass is 19.4. The molecule has 0 aliphatic rings. The molecule has 1 aromatic carbocycles. The standard InChI is InChI=1S/C17H22F3N3O2/c1-11-15(12(2)23(3)22-11)16(17(18,19)20)21-9-13(24)10-25-14-7-5-4-6-8-14/h4-8,13,16,21,24H,9-10H2,1-3H3. The molecule has 5 nitrogen and oxygen atoms in total. The van der Waals surface area contributed by atoms with Gasteiger partial charge in [0.25, 0.3) is 0 Å². The summed E-state index contributed by atoms with van der Waals surface area (Å²) in [6, 6.07) is 6.88. The van der Waals surface area contributed by atoms with Crippen LogP contribution in [0.25, 0.3) is 0 Å². The maximum atomic E-state index is 13.5. The van der Waals surface area contributed by atoms with Gasteiger partial charge < -0.3 is 9.84 Å². The molecule has 0 bridgehead atoms. The Hall–Kier alpha value is -2.06. The smallest absolute Gasteiger partial charge is 0.408 e. The first-order chi connectivity index (χ1) is 11.7. The van der Waals surface area contributed by atoms with Crippen molar-refractivity contribution in [1.82, 2.24) is 15.1 Å². The van der Waals surface area contributed by atoms with E-state index in [1.807, 2.05) is 6.07 Å². The van der Waals surface area contributed by atoms with Gasteiger partial charge in [0.2, 0.25) is 0 Å². The Morgan fingerprint density at radius 2 is 1.88 bits per heavy atom. The molecule has 0 saturated heterocycles. The second-order valence-electron chi connectivity index (χ2n) is 5.87. The minimum Gasteiger partial charge on any atom is -0.491 e. The predicted octanol–water partition coefficient (Wildman–Crippen LogP) is 2.67. The number of alkyl halides is 3. The number of aryl methyl sites for hydroxylation is 2. The Kier molecular flexibility index (Phi) is 6.07. The highest BCUT2D eigenvalue weighted by Gasteiger charge is 2.43. The van der Waals surface area contributed by atoms with Crippen LogP contribution in [0.15, 0.2) is 30.3 Å². The molecule has 138 valence electrons. The van der Waals surface area contributed by atoms with E-state index >= 15 is 0 Å². The highest BCUT2D eigenvalue weighted by molar-refractivity contribution is 5.29. The van der Waals surface area contributed by atoms with Gasteiger partial charge in [-0.2, -0.15) is 18.3 Å². The Bertz CT molecular complexity index is 686. The number of hydrogen-bond acceptors (Lipinski definition) is 4. The largest absolute Gasteiger partial charge is 0.491 e. The number of rotatable bonds is 7. The lowest BCUT2D eigenvalue weighted by atomic mass is 10.0. The minimum atomic E-state index is -4.50. The van der Waals surface area contributed by atoms with Crippen molar-refractivity contribution in [2.45, 2.75) is 32.2 Å². The van der Waals surface area contributed by atoms with Gasteiger partial charge in [-0.25, -0.2) is 0 Å². The average Bonchev–Trinajstić information content (AvgIpc) is 2.79. The minimum absolute atomic E-state index is 0.0891. The van der Waals surface area contributed by atoms with Crippen LogP contribution in [0.2, 0.25) is 0 Å². The van der Waals surface area contributed by atoms with E-state index in [1.165, 1.54) is 11.6 Å². The molecule has 2 aromatic rings. The number of aliphatic hydroxyl groups excluding tert-OH is 1. The third kappa shape index (κ3) is 4.96. The van der Waals surface area contributed by atoms with Crippen molar-refractivity contribution in [3.63, 3.8) is 0 Å². The lowest BCUT2D eigenvalue weighted by Crippen LogP contribution is -2.40. The van der Waals surface area contributed by atoms with Crippen LogP contribution in [0, 0.1) is 13.8 Å². The zero-order valence-electron chi connectivity index (χ0n) is 14.3. The van der Waals surface area contributed by atoms with E-state index in [0.717, 1.165) is 0 Å². The van der Waals surface area contributed by atoms with E-state index in [4.69, 9.17) is 4.74 Å². The first kappa shape index (κ1) is 19.3. The quantitative estimate of drug-likeness (QED) is 0.800. The summed E-state index contributed by atoms with van der Waals surface area (Å²) in [6.07, 6.45) is -5.58. The predicted molar refractivity (Wildman–Crippen MR) is 87.4 cm³/mol. The van der Waals surface area contributed by atoms with Gasteiger partial charge in [0, 0.05) is 24.8 Å². The van der Waals surface area contributed by atoms with Gasteiger partial charge in [-0.1, -0.05) is 18.2 Å². The van der Waals surface area contributed by atoms with Crippen LogP contribution in [0.4, 0.5) is 13.2 Å². The second-order valence-corrected chi connectivity index (χ2v) is 5.87.